The van der Waals surface area contributed by atoms with Gasteiger partial charge >= 0.3 is 0 Å². The third-order valence-electron chi connectivity index (χ3n) is 3.30. The molecule has 1 atom stereocenters. The van der Waals surface area contributed by atoms with Gasteiger partial charge in [0.1, 0.15) is 18.0 Å². The highest BCUT2D eigenvalue weighted by atomic mass is 16.1. The fourth-order valence-electron chi connectivity index (χ4n) is 2.27. The summed E-state index contributed by atoms with van der Waals surface area (Å²) >= 11 is 0. The van der Waals surface area contributed by atoms with E-state index in [1.165, 1.54) is 0 Å². The molecule has 0 saturated heterocycles. The minimum absolute atomic E-state index is 0.0908. The van der Waals surface area contributed by atoms with E-state index >= 15 is 0 Å². The van der Waals surface area contributed by atoms with Gasteiger partial charge in [-0.2, -0.15) is 0 Å². The Labute approximate surface area is 117 Å². The van der Waals surface area contributed by atoms with E-state index in [9.17, 15) is 4.79 Å². The van der Waals surface area contributed by atoms with Crippen LogP contribution in [0.4, 0.5) is 0 Å². The molecule has 7 nitrogen and oxygen atoms in total. The van der Waals surface area contributed by atoms with Gasteiger partial charge in [0.05, 0.1) is 12.1 Å². The van der Waals surface area contributed by atoms with Crippen LogP contribution < -0.4 is 10.9 Å². The fourth-order valence-corrected chi connectivity index (χ4v) is 2.27. The summed E-state index contributed by atoms with van der Waals surface area (Å²) in [5.41, 5.74) is 1.33. The Morgan fingerprint density at radius 2 is 2.20 bits per heavy atom. The molecule has 0 radical (unpaired) electrons. The van der Waals surface area contributed by atoms with Crippen molar-refractivity contribution in [3.8, 4) is 0 Å². The monoisotopic (exact) mass is 276 g/mol. The van der Waals surface area contributed by atoms with E-state index in [2.05, 4.69) is 25.5 Å². The Balaban J connectivity index is 2.13. The van der Waals surface area contributed by atoms with Gasteiger partial charge in [0.15, 0.2) is 0 Å². The maximum atomic E-state index is 12.0. The maximum Gasteiger partial charge on any atom is 0.255 e. The van der Waals surface area contributed by atoms with Crippen molar-refractivity contribution in [3.05, 3.63) is 39.6 Å². The SMILES string of the molecule is CCn1cnnc1CNC(C)c1c(C)nc(C)[nH]c1=O. The molecule has 2 aromatic heterocycles. The summed E-state index contributed by atoms with van der Waals surface area (Å²) in [6, 6.07) is -0.103. The number of nitrogens with one attached hydrogen (secondary N) is 2. The second-order valence-corrected chi connectivity index (χ2v) is 4.79. The lowest BCUT2D eigenvalue weighted by Gasteiger charge is -2.15. The van der Waals surface area contributed by atoms with E-state index in [1.807, 2.05) is 25.3 Å². The van der Waals surface area contributed by atoms with Gasteiger partial charge in [-0.25, -0.2) is 4.98 Å². The molecule has 2 aromatic rings. The smallest absolute Gasteiger partial charge is 0.255 e. The van der Waals surface area contributed by atoms with Gasteiger partial charge in [-0.3, -0.25) is 4.79 Å². The number of aromatic nitrogens is 5. The minimum Gasteiger partial charge on any atom is -0.317 e. The number of H-pyrrole nitrogens is 1. The maximum absolute atomic E-state index is 12.0. The number of rotatable bonds is 5. The summed E-state index contributed by atoms with van der Waals surface area (Å²) < 4.78 is 1.96. The molecule has 20 heavy (non-hydrogen) atoms. The van der Waals surface area contributed by atoms with Crippen LogP contribution in [0.15, 0.2) is 11.1 Å². The van der Waals surface area contributed by atoms with Crippen molar-refractivity contribution in [3.63, 3.8) is 0 Å². The largest absolute Gasteiger partial charge is 0.317 e. The number of aromatic amines is 1. The number of nitrogens with zero attached hydrogens (tertiary/aromatic N) is 4. The quantitative estimate of drug-likeness (QED) is 0.845. The Kier molecular flexibility index (Phi) is 4.29. The van der Waals surface area contributed by atoms with Crippen molar-refractivity contribution in [1.29, 1.82) is 0 Å². The van der Waals surface area contributed by atoms with Gasteiger partial charge in [-0.05, 0) is 27.7 Å². The topological polar surface area (TPSA) is 88.5 Å². The van der Waals surface area contributed by atoms with Crippen LogP contribution in [0.25, 0.3) is 0 Å². The molecule has 2 N–H and O–H groups in total. The van der Waals surface area contributed by atoms with Gasteiger partial charge in [0.25, 0.3) is 5.56 Å². The molecule has 0 fully saturated rings. The average Bonchev–Trinajstić information content (AvgIpc) is 2.82. The molecule has 0 bridgehead atoms. The Morgan fingerprint density at radius 1 is 1.45 bits per heavy atom. The van der Waals surface area contributed by atoms with E-state index in [0.717, 1.165) is 18.1 Å². The second-order valence-electron chi connectivity index (χ2n) is 4.79. The molecule has 0 saturated carbocycles. The Hall–Kier alpha value is -2.02. The summed E-state index contributed by atoms with van der Waals surface area (Å²) in [5, 5.41) is 11.2. The van der Waals surface area contributed by atoms with Crippen LogP contribution in [0.3, 0.4) is 0 Å². The van der Waals surface area contributed by atoms with Gasteiger partial charge in [0.2, 0.25) is 0 Å². The molecule has 2 heterocycles. The lowest BCUT2D eigenvalue weighted by atomic mass is 10.1. The molecular formula is C13H20N6O. The highest BCUT2D eigenvalue weighted by Crippen LogP contribution is 2.11. The van der Waals surface area contributed by atoms with E-state index in [1.54, 1.807) is 13.3 Å². The third kappa shape index (κ3) is 2.93. The van der Waals surface area contributed by atoms with E-state index in [0.29, 0.717) is 17.9 Å². The first kappa shape index (κ1) is 14.4. The molecule has 0 aliphatic carbocycles. The molecule has 0 aliphatic rings. The first-order chi connectivity index (χ1) is 9.52. The van der Waals surface area contributed by atoms with Crippen LogP contribution in [0.2, 0.25) is 0 Å². The summed E-state index contributed by atoms with van der Waals surface area (Å²) in [6.07, 6.45) is 1.70. The minimum atomic E-state index is -0.103. The van der Waals surface area contributed by atoms with Crippen molar-refractivity contribution in [2.75, 3.05) is 0 Å². The third-order valence-corrected chi connectivity index (χ3v) is 3.30. The summed E-state index contributed by atoms with van der Waals surface area (Å²) in [4.78, 5) is 19.1. The zero-order chi connectivity index (χ0) is 14.7. The molecule has 0 spiro atoms. The zero-order valence-corrected chi connectivity index (χ0v) is 12.3. The van der Waals surface area contributed by atoms with Crippen LogP contribution in [0.1, 0.15) is 42.8 Å². The molecule has 0 amide bonds. The van der Waals surface area contributed by atoms with Gasteiger partial charge in [-0.1, -0.05) is 0 Å². The van der Waals surface area contributed by atoms with Crippen molar-refractivity contribution >= 4 is 0 Å². The lowest BCUT2D eigenvalue weighted by Crippen LogP contribution is -2.28. The molecular weight excluding hydrogens is 256 g/mol. The summed E-state index contributed by atoms with van der Waals surface area (Å²) in [6.45, 7) is 8.99. The van der Waals surface area contributed by atoms with Crippen molar-refractivity contribution in [1.82, 2.24) is 30.0 Å². The molecule has 1 unspecified atom stereocenters. The average molecular weight is 276 g/mol. The first-order valence-electron chi connectivity index (χ1n) is 6.70. The predicted molar refractivity (Wildman–Crippen MR) is 75.3 cm³/mol. The van der Waals surface area contributed by atoms with Gasteiger partial charge in [0, 0.05) is 18.3 Å². The highest BCUT2D eigenvalue weighted by Gasteiger charge is 2.15. The predicted octanol–water partition coefficient (Wildman–Crippen LogP) is 0.849. The van der Waals surface area contributed by atoms with Crippen molar-refractivity contribution in [2.24, 2.45) is 0 Å². The molecule has 7 heteroatoms. The summed E-state index contributed by atoms with van der Waals surface area (Å²) in [5.74, 6) is 1.49. The van der Waals surface area contributed by atoms with Crippen LogP contribution >= 0.6 is 0 Å². The second kappa shape index (κ2) is 5.96. The Bertz CT molecular complexity index is 645. The van der Waals surface area contributed by atoms with E-state index in [-0.39, 0.29) is 11.6 Å². The Morgan fingerprint density at radius 3 is 2.85 bits per heavy atom. The normalized spacial score (nSPS) is 12.6. The van der Waals surface area contributed by atoms with Crippen LogP contribution in [0.5, 0.6) is 0 Å². The van der Waals surface area contributed by atoms with Crippen LogP contribution in [-0.2, 0) is 13.1 Å². The highest BCUT2D eigenvalue weighted by molar-refractivity contribution is 5.20. The van der Waals surface area contributed by atoms with Gasteiger partial charge in [-0.15, -0.1) is 10.2 Å². The van der Waals surface area contributed by atoms with Crippen molar-refractivity contribution in [2.45, 2.75) is 46.8 Å². The number of aryl methyl sites for hydroxylation is 3. The van der Waals surface area contributed by atoms with Gasteiger partial charge < -0.3 is 14.9 Å². The fraction of sp³-hybridized carbons (Fsp3) is 0.538. The molecule has 0 aliphatic heterocycles. The molecule has 2 rings (SSSR count). The van der Waals surface area contributed by atoms with Crippen LogP contribution in [-0.4, -0.2) is 24.7 Å². The lowest BCUT2D eigenvalue weighted by molar-refractivity contribution is 0.531. The number of hydrogen-bond acceptors (Lipinski definition) is 5. The van der Waals surface area contributed by atoms with Crippen molar-refractivity contribution < 1.29 is 0 Å². The standard InChI is InChI=1S/C13H20N6O/c1-5-19-7-15-18-11(19)6-14-8(2)12-9(3)16-10(4)17-13(12)20/h7-8,14H,5-6H2,1-4H3,(H,16,17,20). The zero-order valence-electron chi connectivity index (χ0n) is 12.3. The van der Waals surface area contributed by atoms with E-state index < -0.39 is 0 Å². The molecule has 108 valence electrons. The number of hydrogen-bond donors (Lipinski definition) is 2. The molecule has 0 aromatic carbocycles. The van der Waals surface area contributed by atoms with E-state index in [4.69, 9.17) is 0 Å². The first-order valence-corrected chi connectivity index (χ1v) is 6.70. The van der Waals surface area contributed by atoms with Crippen LogP contribution in [0, 0.1) is 13.8 Å². The summed E-state index contributed by atoms with van der Waals surface area (Å²) in [7, 11) is 0.